The van der Waals surface area contributed by atoms with Gasteiger partial charge in [0, 0.05) is 25.7 Å². The zero-order valence-corrected chi connectivity index (χ0v) is 60.6. The molecule has 0 aliphatic heterocycles. The molecule has 0 aromatic rings. The minimum Gasteiger partial charge on any atom is -0.462 e. The number of phosphoric ester groups is 2. The largest absolute Gasteiger partial charge is 0.472 e. The molecule has 536 valence electrons. The molecule has 0 spiro atoms. The van der Waals surface area contributed by atoms with E-state index in [4.69, 9.17) is 37.0 Å². The van der Waals surface area contributed by atoms with Crippen molar-refractivity contribution in [2.75, 3.05) is 39.6 Å². The monoisotopic (exact) mass is 1330 g/mol. The number of hydrogen-bond acceptors (Lipinski definition) is 15. The molecule has 7 atom stereocenters. The first kappa shape index (κ1) is 88.5. The van der Waals surface area contributed by atoms with Crippen molar-refractivity contribution >= 4 is 39.5 Å². The molecule has 0 aromatic carbocycles. The Morgan fingerprint density at radius 1 is 0.363 bits per heavy atom. The molecule has 0 aliphatic rings. The Balaban J connectivity index is 5.30. The summed E-state index contributed by atoms with van der Waals surface area (Å²) in [4.78, 5) is 72.6. The number of carbonyl (C=O) groups is 4. The second-order valence-electron chi connectivity index (χ2n) is 26.3. The summed E-state index contributed by atoms with van der Waals surface area (Å²) < 4.78 is 68.3. The SMILES string of the molecule is CCCCCC/C=C\C=C/CCCCCCCC(=O)O[C@H](COC(=O)CCCCCCCCC(C)CC)COP(=O)(O)OC[C@H](O)COP(=O)(O)OC[C@@H](COC(=O)CCCCCCCCCCC(C)CC)OC(=O)CCCCCCCCCCCCCC(C)C. The Labute approximate surface area is 554 Å². The van der Waals surface area contributed by atoms with Crippen molar-refractivity contribution in [1.29, 1.82) is 0 Å². The molecular weight excluding hydrogens is 1200 g/mol. The van der Waals surface area contributed by atoms with Crippen LogP contribution in [0.4, 0.5) is 0 Å². The van der Waals surface area contributed by atoms with Crippen molar-refractivity contribution < 1.29 is 80.2 Å². The van der Waals surface area contributed by atoms with Crippen LogP contribution in [-0.2, 0) is 65.4 Å². The highest BCUT2D eigenvalue weighted by molar-refractivity contribution is 7.47. The zero-order chi connectivity index (χ0) is 67.3. The maximum atomic E-state index is 13.0. The lowest BCUT2D eigenvalue weighted by Gasteiger charge is -2.21. The standard InChI is InChI=1S/C72H136O17P2/c1-8-11-12-13-14-15-16-17-18-19-22-25-32-41-48-55-71(76)89-68(60-83-70(75)54-47-40-35-34-38-45-52-65(7)10-3)62-87-91(80,81)85-58-66(73)57-84-90(78,79)86-61-67(59-82-69(74)53-46-39-31-28-27-30-37-44-51-64(6)9-2)88-72(77)56-49-42-33-26-23-20-21-24-29-36-43-50-63(4)5/h15-18,63-68,73H,8-14,19-62H2,1-7H3,(H,78,79)(H,80,81)/b16-15-,18-17-/t64?,65?,66-,67-,68-/m1/s1. The van der Waals surface area contributed by atoms with E-state index in [1.54, 1.807) is 0 Å². The van der Waals surface area contributed by atoms with Crippen LogP contribution < -0.4 is 0 Å². The molecule has 4 unspecified atom stereocenters. The Kier molecular flexibility index (Phi) is 60.7. The lowest BCUT2D eigenvalue weighted by molar-refractivity contribution is -0.161. The van der Waals surface area contributed by atoms with Gasteiger partial charge in [-0.25, -0.2) is 9.13 Å². The van der Waals surface area contributed by atoms with Gasteiger partial charge in [-0.3, -0.25) is 37.3 Å². The van der Waals surface area contributed by atoms with Gasteiger partial charge in [0.15, 0.2) is 12.2 Å². The van der Waals surface area contributed by atoms with Gasteiger partial charge >= 0.3 is 39.5 Å². The normalized spacial score (nSPS) is 14.9. The molecule has 91 heavy (non-hydrogen) atoms. The first-order valence-corrected chi connectivity index (χ1v) is 39.7. The molecular formula is C72H136O17P2. The third-order valence-electron chi connectivity index (χ3n) is 16.7. The maximum Gasteiger partial charge on any atom is 0.472 e. The molecule has 0 amide bonds. The lowest BCUT2D eigenvalue weighted by Crippen LogP contribution is -2.30. The Hall–Kier alpha value is -2.46. The minimum atomic E-state index is -4.96. The fraction of sp³-hybridized carbons (Fsp3) is 0.889. The third kappa shape index (κ3) is 63.4. The fourth-order valence-electron chi connectivity index (χ4n) is 10.3. The number of esters is 4. The molecule has 0 fully saturated rings. The summed E-state index contributed by atoms with van der Waals surface area (Å²) in [6.45, 7) is 11.8. The van der Waals surface area contributed by atoms with Crippen molar-refractivity contribution in [3.63, 3.8) is 0 Å². The summed E-state index contributed by atoms with van der Waals surface area (Å²) >= 11 is 0. The highest BCUT2D eigenvalue weighted by atomic mass is 31.2. The van der Waals surface area contributed by atoms with Crippen LogP contribution in [0.15, 0.2) is 24.3 Å². The van der Waals surface area contributed by atoms with E-state index >= 15 is 0 Å². The smallest absolute Gasteiger partial charge is 0.462 e. The number of ether oxygens (including phenoxy) is 4. The van der Waals surface area contributed by atoms with E-state index in [1.165, 1.54) is 128 Å². The predicted octanol–water partition coefficient (Wildman–Crippen LogP) is 20.2. The molecule has 17 nitrogen and oxygen atoms in total. The van der Waals surface area contributed by atoms with E-state index < -0.39 is 97.5 Å². The Bertz CT molecular complexity index is 1880. The molecule has 0 radical (unpaired) electrons. The van der Waals surface area contributed by atoms with Gasteiger partial charge in [-0.15, -0.1) is 0 Å². The van der Waals surface area contributed by atoms with E-state index in [2.05, 4.69) is 72.8 Å². The zero-order valence-electron chi connectivity index (χ0n) is 58.8. The van der Waals surface area contributed by atoms with Gasteiger partial charge < -0.3 is 33.8 Å². The van der Waals surface area contributed by atoms with Gasteiger partial charge in [-0.1, -0.05) is 285 Å². The van der Waals surface area contributed by atoms with Crippen LogP contribution in [0.25, 0.3) is 0 Å². The van der Waals surface area contributed by atoms with Crippen LogP contribution in [0.5, 0.6) is 0 Å². The molecule has 0 aliphatic carbocycles. The van der Waals surface area contributed by atoms with E-state index in [1.807, 2.05) is 0 Å². The highest BCUT2D eigenvalue weighted by Gasteiger charge is 2.30. The van der Waals surface area contributed by atoms with Crippen LogP contribution in [0.1, 0.15) is 337 Å². The summed E-state index contributed by atoms with van der Waals surface area (Å²) in [5.41, 5.74) is 0. The molecule has 0 heterocycles. The first-order valence-electron chi connectivity index (χ1n) is 36.7. The quantitative estimate of drug-likeness (QED) is 0.0169. The third-order valence-corrected chi connectivity index (χ3v) is 18.6. The predicted molar refractivity (Wildman–Crippen MR) is 367 cm³/mol. The molecule has 19 heteroatoms. The second kappa shape index (κ2) is 62.4. The molecule has 0 bridgehead atoms. The van der Waals surface area contributed by atoms with Gasteiger partial charge in [0.1, 0.15) is 19.3 Å². The molecule has 3 N–H and O–H groups in total. The minimum absolute atomic E-state index is 0.0837. The average molecular weight is 1340 g/mol. The van der Waals surface area contributed by atoms with E-state index in [0.717, 1.165) is 127 Å². The van der Waals surface area contributed by atoms with Gasteiger partial charge in [-0.2, -0.15) is 0 Å². The molecule has 0 aromatic heterocycles. The van der Waals surface area contributed by atoms with Crippen LogP contribution in [-0.4, -0.2) is 96.7 Å². The van der Waals surface area contributed by atoms with Crippen molar-refractivity contribution in [3.05, 3.63) is 24.3 Å². The summed E-state index contributed by atoms with van der Waals surface area (Å²) in [6, 6.07) is 0. The second-order valence-corrected chi connectivity index (χ2v) is 29.2. The topological polar surface area (TPSA) is 237 Å². The van der Waals surface area contributed by atoms with Crippen LogP contribution >= 0.6 is 15.6 Å². The van der Waals surface area contributed by atoms with Gasteiger partial charge in [0.25, 0.3) is 0 Å². The number of unbranched alkanes of at least 4 members (excludes halogenated alkanes) is 31. The maximum absolute atomic E-state index is 13.0. The molecule has 0 saturated carbocycles. The Morgan fingerprint density at radius 3 is 0.978 bits per heavy atom. The number of phosphoric acid groups is 2. The number of rotatable bonds is 68. The number of allylic oxidation sites excluding steroid dienone is 4. The van der Waals surface area contributed by atoms with Crippen molar-refractivity contribution in [2.24, 2.45) is 17.8 Å². The van der Waals surface area contributed by atoms with Crippen LogP contribution in [0.2, 0.25) is 0 Å². The van der Waals surface area contributed by atoms with Gasteiger partial charge in [-0.05, 0) is 69.1 Å². The summed E-state index contributed by atoms with van der Waals surface area (Å²) in [5.74, 6) is 0.111. The number of hydrogen-bond donors (Lipinski definition) is 3. The van der Waals surface area contributed by atoms with Crippen molar-refractivity contribution in [1.82, 2.24) is 0 Å². The van der Waals surface area contributed by atoms with Gasteiger partial charge in [0.2, 0.25) is 0 Å². The Morgan fingerprint density at radius 2 is 0.648 bits per heavy atom. The first-order chi connectivity index (χ1) is 43.8. The highest BCUT2D eigenvalue weighted by Crippen LogP contribution is 2.45. The van der Waals surface area contributed by atoms with E-state index in [9.17, 15) is 43.2 Å². The van der Waals surface area contributed by atoms with E-state index in [-0.39, 0.29) is 25.7 Å². The van der Waals surface area contributed by atoms with Gasteiger partial charge in [0.05, 0.1) is 26.4 Å². The van der Waals surface area contributed by atoms with Crippen LogP contribution in [0.3, 0.4) is 0 Å². The van der Waals surface area contributed by atoms with Crippen LogP contribution in [0, 0.1) is 17.8 Å². The fourth-order valence-corrected chi connectivity index (χ4v) is 11.9. The van der Waals surface area contributed by atoms with Crippen molar-refractivity contribution in [3.8, 4) is 0 Å². The molecule has 0 rings (SSSR count). The number of aliphatic hydroxyl groups is 1. The lowest BCUT2D eigenvalue weighted by atomic mass is 9.99. The summed E-state index contributed by atoms with van der Waals surface area (Å²) in [7, 11) is -9.92. The number of carbonyl (C=O) groups excluding carboxylic acids is 4. The van der Waals surface area contributed by atoms with Crippen molar-refractivity contribution in [2.45, 2.75) is 356 Å². The average Bonchev–Trinajstić information content (AvgIpc) is 3.23. The van der Waals surface area contributed by atoms with E-state index in [0.29, 0.717) is 25.7 Å². The number of aliphatic hydroxyl groups excluding tert-OH is 1. The summed E-state index contributed by atoms with van der Waals surface area (Å²) in [6.07, 6.45) is 49.3. The summed E-state index contributed by atoms with van der Waals surface area (Å²) in [5, 5.41) is 10.6. The molecule has 0 saturated heterocycles.